The molecule has 2 heterocycles. The third-order valence-corrected chi connectivity index (χ3v) is 5.05. The predicted octanol–water partition coefficient (Wildman–Crippen LogP) is 1.69. The van der Waals surface area contributed by atoms with Gasteiger partial charge in [-0.2, -0.15) is 0 Å². The molecule has 2 N–H and O–H groups in total. The van der Waals surface area contributed by atoms with E-state index < -0.39 is 0 Å². The van der Waals surface area contributed by atoms with Crippen molar-refractivity contribution in [2.24, 2.45) is 5.41 Å². The first-order valence-corrected chi connectivity index (χ1v) is 8.45. The van der Waals surface area contributed by atoms with Crippen molar-refractivity contribution in [1.29, 1.82) is 0 Å². The van der Waals surface area contributed by atoms with Crippen molar-refractivity contribution in [2.75, 3.05) is 40.0 Å². The summed E-state index contributed by atoms with van der Waals surface area (Å²) in [7, 11) is 1.67. The van der Waals surface area contributed by atoms with Gasteiger partial charge in [0.15, 0.2) is 0 Å². The highest BCUT2D eigenvalue weighted by atomic mass is 16.5. The highest BCUT2D eigenvalue weighted by molar-refractivity contribution is 5.83. The standard InChI is InChI=1S/C18H26N2O3/c1-22-13-18(7-9-19-10-8-18)17(21)20-12-14-6-11-23-16-5-3-2-4-15(14)16/h2-5,14,19H,6-13H2,1H3,(H,20,21). The van der Waals surface area contributed by atoms with Crippen LogP contribution in [0, 0.1) is 5.41 Å². The van der Waals surface area contributed by atoms with Crippen molar-refractivity contribution in [1.82, 2.24) is 10.6 Å². The normalized spacial score (nSPS) is 22.7. The molecule has 0 saturated carbocycles. The van der Waals surface area contributed by atoms with Gasteiger partial charge in [-0.1, -0.05) is 18.2 Å². The summed E-state index contributed by atoms with van der Waals surface area (Å²) in [4.78, 5) is 12.8. The van der Waals surface area contributed by atoms with E-state index in [0.29, 0.717) is 25.7 Å². The van der Waals surface area contributed by atoms with Crippen LogP contribution in [0.4, 0.5) is 0 Å². The van der Waals surface area contributed by atoms with Crippen LogP contribution in [0.25, 0.3) is 0 Å². The van der Waals surface area contributed by atoms with Gasteiger partial charge in [0, 0.05) is 19.6 Å². The molecule has 0 bridgehead atoms. The Balaban J connectivity index is 1.64. The topological polar surface area (TPSA) is 59.6 Å². The van der Waals surface area contributed by atoms with E-state index in [1.807, 2.05) is 18.2 Å². The van der Waals surface area contributed by atoms with E-state index in [2.05, 4.69) is 16.7 Å². The van der Waals surface area contributed by atoms with Gasteiger partial charge in [0.1, 0.15) is 5.75 Å². The zero-order valence-corrected chi connectivity index (χ0v) is 13.8. The summed E-state index contributed by atoms with van der Waals surface area (Å²) >= 11 is 0. The Hall–Kier alpha value is -1.59. The van der Waals surface area contributed by atoms with Gasteiger partial charge in [-0.25, -0.2) is 0 Å². The summed E-state index contributed by atoms with van der Waals surface area (Å²) in [6.45, 7) is 3.61. The minimum absolute atomic E-state index is 0.129. The van der Waals surface area contributed by atoms with Gasteiger partial charge < -0.3 is 20.1 Å². The van der Waals surface area contributed by atoms with E-state index in [9.17, 15) is 4.79 Å². The van der Waals surface area contributed by atoms with Gasteiger partial charge >= 0.3 is 0 Å². The molecule has 2 aliphatic rings. The minimum atomic E-state index is -0.384. The summed E-state index contributed by atoms with van der Waals surface area (Å²) in [5, 5.41) is 6.51. The third-order valence-electron chi connectivity index (χ3n) is 5.05. The lowest BCUT2D eigenvalue weighted by molar-refractivity contribution is -0.136. The second kappa shape index (κ2) is 7.32. The highest BCUT2D eigenvalue weighted by Gasteiger charge is 2.39. The van der Waals surface area contributed by atoms with Crippen molar-refractivity contribution in [3.05, 3.63) is 29.8 Å². The number of carbonyl (C=O) groups is 1. The van der Waals surface area contributed by atoms with Gasteiger partial charge in [0.25, 0.3) is 0 Å². The molecule has 0 spiro atoms. The van der Waals surface area contributed by atoms with Crippen LogP contribution in [-0.4, -0.2) is 45.9 Å². The van der Waals surface area contributed by atoms with Crippen molar-refractivity contribution in [3.8, 4) is 5.75 Å². The summed E-state index contributed by atoms with van der Waals surface area (Å²) < 4.78 is 11.0. The second-order valence-electron chi connectivity index (χ2n) is 6.55. The molecular formula is C18H26N2O3. The number of para-hydroxylation sites is 1. The molecule has 1 unspecified atom stereocenters. The number of nitrogens with one attached hydrogen (secondary N) is 2. The Bertz CT molecular complexity index is 535. The number of amides is 1. The number of fused-ring (bicyclic) bond motifs is 1. The van der Waals surface area contributed by atoms with Crippen LogP contribution in [0.1, 0.15) is 30.7 Å². The van der Waals surface area contributed by atoms with Crippen LogP contribution in [0.2, 0.25) is 0 Å². The van der Waals surface area contributed by atoms with Crippen LogP contribution >= 0.6 is 0 Å². The second-order valence-corrected chi connectivity index (χ2v) is 6.55. The molecule has 5 nitrogen and oxygen atoms in total. The van der Waals surface area contributed by atoms with Crippen LogP contribution in [0.15, 0.2) is 24.3 Å². The number of carbonyl (C=O) groups excluding carboxylic acids is 1. The molecule has 5 heteroatoms. The molecular weight excluding hydrogens is 292 g/mol. The van der Waals surface area contributed by atoms with Crippen LogP contribution in [-0.2, 0) is 9.53 Å². The third kappa shape index (κ3) is 3.51. The lowest BCUT2D eigenvalue weighted by atomic mass is 9.78. The molecule has 1 atom stereocenters. The molecule has 23 heavy (non-hydrogen) atoms. The lowest BCUT2D eigenvalue weighted by Gasteiger charge is -2.36. The largest absolute Gasteiger partial charge is 0.493 e. The maximum atomic E-state index is 12.8. The molecule has 0 aliphatic carbocycles. The number of piperidine rings is 1. The predicted molar refractivity (Wildman–Crippen MR) is 88.7 cm³/mol. The van der Waals surface area contributed by atoms with Crippen LogP contribution in [0.3, 0.4) is 0 Å². The summed E-state index contributed by atoms with van der Waals surface area (Å²) in [6.07, 6.45) is 2.60. The molecule has 1 saturated heterocycles. The number of hydrogen-bond acceptors (Lipinski definition) is 4. The first-order valence-electron chi connectivity index (χ1n) is 8.45. The number of benzene rings is 1. The molecule has 1 aromatic carbocycles. The zero-order valence-electron chi connectivity index (χ0n) is 13.8. The Kier molecular flexibility index (Phi) is 5.18. The molecule has 0 aromatic heterocycles. The van der Waals surface area contributed by atoms with Gasteiger partial charge in [-0.3, -0.25) is 4.79 Å². The average Bonchev–Trinajstić information content (AvgIpc) is 2.60. The Morgan fingerprint density at radius 2 is 2.17 bits per heavy atom. The minimum Gasteiger partial charge on any atom is -0.493 e. The van der Waals surface area contributed by atoms with E-state index in [0.717, 1.165) is 38.1 Å². The van der Waals surface area contributed by atoms with E-state index in [1.165, 1.54) is 5.56 Å². The maximum Gasteiger partial charge on any atom is 0.228 e. The maximum absolute atomic E-state index is 12.8. The smallest absolute Gasteiger partial charge is 0.228 e. The number of ether oxygens (including phenoxy) is 2. The first kappa shape index (κ1) is 16.3. The zero-order chi connectivity index (χ0) is 16.1. The fourth-order valence-corrected chi connectivity index (χ4v) is 3.65. The SMILES string of the molecule is COCC1(C(=O)NCC2CCOc3ccccc32)CCNCC1. The summed E-state index contributed by atoms with van der Waals surface area (Å²) in [6, 6.07) is 8.12. The van der Waals surface area contributed by atoms with Gasteiger partial charge in [-0.05, 0) is 44.0 Å². The summed E-state index contributed by atoms with van der Waals surface area (Å²) in [5.74, 6) is 1.40. The fourth-order valence-electron chi connectivity index (χ4n) is 3.65. The van der Waals surface area contributed by atoms with Crippen molar-refractivity contribution >= 4 is 5.91 Å². The van der Waals surface area contributed by atoms with Crippen molar-refractivity contribution in [3.63, 3.8) is 0 Å². The molecule has 1 aromatic rings. The fraction of sp³-hybridized carbons (Fsp3) is 0.611. The monoisotopic (exact) mass is 318 g/mol. The van der Waals surface area contributed by atoms with E-state index in [-0.39, 0.29) is 11.3 Å². The van der Waals surface area contributed by atoms with Gasteiger partial charge in [0.05, 0.1) is 18.6 Å². The molecule has 3 rings (SSSR count). The van der Waals surface area contributed by atoms with Gasteiger partial charge in [-0.15, -0.1) is 0 Å². The number of rotatable bonds is 5. The van der Waals surface area contributed by atoms with Crippen LogP contribution < -0.4 is 15.4 Å². The van der Waals surface area contributed by atoms with E-state index >= 15 is 0 Å². The molecule has 1 amide bonds. The summed E-state index contributed by atoms with van der Waals surface area (Å²) in [5.41, 5.74) is 0.815. The first-order chi connectivity index (χ1) is 11.2. The van der Waals surface area contributed by atoms with Gasteiger partial charge in [0.2, 0.25) is 5.91 Å². The Morgan fingerprint density at radius 3 is 2.96 bits per heavy atom. The Morgan fingerprint density at radius 1 is 1.39 bits per heavy atom. The van der Waals surface area contributed by atoms with Crippen molar-refractivity contribution in [2.45, 2.75) is 25.2 Å². The van der Waals surface area contributed by atoms with Crippen molar-refractivity contribution < 1.29 is 14.3 Å². The number of methoxy groups -OCH3 is 1. The Labute approximate surface area is 137 Å². The molecule has 1 fully saturated rings. The quantitative estimate of drug-likeness (QED) is 0.867. The average molecular weight is 318 g/mol. The van der Waals surface area contributed by atoms with Crippen LogP contribution in [0.5, 0.6) is 5.75 Å². The lowest BCUT2D eigenvalue weighted by Crippen LogP contribution is -2.50. The molecule has 0 radical (unpaired) electrons. The number of hydrogen-bond donors (Lipinski definition) is 2. The van der Waals surface area contributed by atoms with E-state index in [1.54, 1.807) is 7.11 Å². The molecule has 126 valence electrons. The van der Waals surface area contributed by atoms with E-state index in [4.69, 9.17) is 9.47 Å². The highest BCUT2D eigenvalue weighted by Crippen LogP contribution is 2.34. The molecule has 2 aliphatic heterocycles.